The van der Waals surface area contributed by atoms with E-state index in [1.807, 2.05) is 32.0 Å². The Balaban J connectivity index is 1.59. The summed E-state index contributed by atoms with van der Waals surface area (Å²) in [7, 11) is 1.35. The van der Waals surface area contributed by atoms with Gasteiger partial charge in [-0.1, -0.05) is 17.7 Å². The fraction of sp³-hybridized carbons (Fsp3) is 0.429. The van der Waals surface area contributed by atoms with Crippen LogP contribution in [0.2, 0.25) is 5.02 Å². The number of aryl methyl sites for hydroxylation is 2. The van der Waals surface area contributed by atoms with Gasteiger partial charge in [-0.25, -0.2) is 4.79 Å². The Hall–Kier alpha value is -2.09. The minimum absolute atomic E-state index is 0.121. The molecule has 1 aliphatic heterocycles. The number of methoxy groups -OCH3 is 1. The Morgan fingerprint density at radius 1 is 1.17 bits per heavy atom. The van der Waals surface area contributed by atoms with Gasteiger partial charge in [-0.2, -0.15) is 0 Å². The molecule has 1 N–H and O–H groups in total. The first-order valence-corrected chi connectivity index (χ1v) is 10.7. The normalized spacial score (nSPS) is 14.7. The predicted molar refractivity (Wildman–Crippen MR) is 119 cm³/mol. The van der Waals surface area contributed by atoms with Crippen LogP contribution in [0.3, 0.4) is 0 Å². The highest BCUT2D eigenvalue weighted by Crippen LogP contribution is 2.33. The van der Waals surface area contributed by atoms with Crippen molar-refractivity contribution in [3.05, 3.63) is 44.8 Å². The average molecular weight is 436 g/mol. The fourth-order valence-corrected chi connectivity index (χ4v) is 4.73. The number of carbonyl (C=O) groups is 2. The second-order valence-corrected chi connectivity index (χ2v) is 8.88. The van der Waals surface area contributed by atoms with Gasteiger partial charge in [0.15, 0.2) is 0 Å². The molecule has 1 fully saturated rings. The molecule has 0 bridgehead atoms. The molecule has 0 radical (unpaired) electrons. The molecule has 3 rings (SSSR count). The van der Waals surface area contributed by atoms with Crippen LogP contribution in [-0.2, 0) is 9.53 Å². The fourth-order valence-electron chi connectivity index (χ4n) is 3.50. The number of anilines is 2. The highest BCUT2D eigenvalue weighted by Gasteiger charge is 2.24. The number of halogens is 1. The zero-order chi connectivity index (χ0) is 21.1. The number of nitrogens with one attached hydrogen (secondary N) is 1. The summed E-state index contributed by atoms with van der Waals surface area (Å²) in [4.78, 5) is 30.1. The molecule has 0 spiro atoms. The third-order valence-corrected chi connectivity index (χ3v) is 6.64. The van der Waals surface area contributed by atoms with Gasteiger partial charge >= 0.3 is 5.97 Å². The molecule has 0 atom stereocenters. The molecule has 6 nitrogen and oxygen atoms in total. The van der Waals surface area contributed by atoms with Gasteiger partial charge in [0.2, 0.25) is 5.91 Å². The van der Waals surface area contributed by atoms with Crippen LogP contribution in [0.25, 0.3) is 0 Å². The Kier molecular flexibility index (Phi) is 6.82. The van der Waals surface area contributed by atoms with Crippen molar-refractivity contribution in [2.45, 2.75) is 20.8 Å². The zero-order valence-electron chi connectivity index (χ0n) is 17.2. The smallest absolute Gasteiger partial charge is 0.341 e. The molecule has 2 aromatic rings. The van der Waals surface area contributed by atoms with Crippen molar-refractivity contribution in [3.63, 3.8) is 0 Å². The second kappa shape index (κ2) is 9.15. The summed E-state index contributed by atoms with van der Waals surface area (Å²) in [5.41, 5.74) is 3.64. The van der Waals surface area contributed by atoms with Crippen LogP contribution in [0.15, 0.2) is 18.2 Å². The number of piperazine rings is 1. The SMILES string of the molecule is COC(=O)c1c(NC(=O)CN2CCN(c3cc(Cl)ccc3C)CC2)sc(C)c1C. The molecule has 0 saturated carbocycles. The third kappa shape index (κ3) is 4.91. The van der Waals surface area contributed by atoms with Crippen molar-refractivity contribution < 1.29 is 14.3 Å². The monoisotopic (exact) mass is 435 g/mol. The maximum atomic E-state index is 12.6. The van der Waals surface area contributed by atoms with Gasteiger partial charge in [-0.15, -0.1) is 11.3 Å². The van der Waals surface area contributed by atoms with E-state index >= 15 is 0 Å². The molecular formula is C21H26ClN3O3S. The third-order valence-electron chi connectivity index (χ3n) is 5.28. The number of thiophene rings is 1. The van der Waals surface area contributed by atoms with Crippen molar-refractivity contribution in [2.75, 3.05) is 50.1 Å². The van der Waals surface area contributed by atoms with Crippen LogP contribution in [0.1, 0.15) is 26.4 Å². The second-order valence-electron chi connectivity index (χ2n) is 7.22. The first-order chi connectivity index (χ1) is 13.8. The Morgan fingerprint density at radius 2 is 1.86 bits per heavy atom. The molecule has 29 heavy (non-hydrogen) atoms. The molecular weight excluding hydrogens is 410 g/mol. The minimum atomic E-state index is -0.423. The largest absolute Gasteiger partial charge is 0.465 e. The van der Waals surface area contributed by atoms with Gasteiger partial charge in [-0.3, -0.25) is 9.69 Å². The van der Waals surface area contributed by atoms with E-state index in [-0.39, 0.29) is 5.91 Å². The molecule has 1 aromatic heterocycles. The first-order valence-electron chi connectivity index (χ1n) is 9.51. The van der Waals surface area contributed by atoms with E-state index in [9.17, 15) is 9.59 Å². The Bertz CT molecular complexity index is 920. The maximum absolute atomic E-state index is 12.6. The molecule has 0 aliphatic carbocycles. The number of hydrogen-bond donors (Lipinski definition) is 1. The van der Waals surface area contributed by atoms with E-state index in [0.29, 0.717) is 17.1 Å². The summed E-state index contributed by atoms with van der Waals surface area (Å²) < 4.78 is 4.87. The van der Waals surface area contributed by atoms with Crippen LogP contribution in [0.5, 0.6) is 0 Å². The van der Waals surface area contributed by atoms with E-state index in [0.717, 1.165) is 47.3 Å². The van der Waals surface area contributed by atoms with Crippen LogP contribution in [-0.4, -0.2) is 56.6 Å². The molecule has 8 heteroatoms. The highest BCUT2D eigenvalue weighted by atomic mass is 35.5. The lowest BCUT2D eigenvalue weighted by atomic mass is 10.1. The summed E-state index contributed by atoms with van der Waals surface area (Å²) in [5.74, 6) is -0.545. The first kappa shape index (κ1) is 21.6. The lowest BCUT2D eigenvalue weighted by molar-refractivity contribution is -0.117. The highest BCUT2D eigenvalue weighted by molar-refractivity contribution is 7.16. The number of hydrogen-bond acceptors (Lipinski definition) is 6. The number of amides is 1. The summed E-state index contributed by atoms with van der Waals surface area (Å²) in [6, 6.07) is 5.92. The van der Waals surface area contributed by atoms with E-state index in [2.05, 4.69) is 22.0 Å². The number of ether oxygens (including phenoxy) is 1. The van der Waals surface area contributed by atoms with Crippen LogP contribution in [0.4, 0.5) is 10.7 Å². The van der Waals surface area contributed by atoms with E-state index in [1.165, 1.54) is 24.0 Å². The summed E-state index contributed by atoms with van der Waals surface area (Å²) >= 11 is 7.55. The van der Waals surface area contributed by atoms with Crippen LogP contribution >= 0.6 is 22.9 Å². The van der Waals surface area contributed by atoms with Gasteiger partial charge < -0.3 is 15.0 Å². The Morgan fingerprint density at radius 3 is 2.52 bits per heavy atom. The topological polar surface area (TPSA) is 61.9 Å². The standard InChI is InChI=1S/C21H26ClN3O3S/c1-13-5-6-16(22)11-17(13)25-9-7-24(8-10-25)12-18(26)23-20-19(21(27)28-4)14(2)15(3)29-20/h5-6,11H,7-10,12H2,1-4H3,(H,23,26). The average Bonchev–Trinajstić information content (AvgIpc) is 2.97. The lowest BCUT2D eigenvalue weighted by Gasteiger charge is -2.36. The molecule has 1 aromatic carbocycles. The summed E-state index contributed by atoms with van der Waals surface area (Å²) in [6.45, 7) is 9.40. The van der Waals surface area contributed by atoms with E-state index in [4.69, 9.17) is 16.3 Å². The molecule has 1 amide bonds. The van der Waals surface area contributed by atoms with Crippen LogP contribution < -0.4 is 10.2 Å². The van der Waals surface area contributed by atoms with Crippen molar-refractivity contribution in [3.8, 4) is 0 Å². The number of nitrogens with zero attached hydrogens (tertiary/aromatic N) is 2. The molecule has 0 unspecified atom stereocenters. The molecule has 2 heterocycles. The molecule has 156 valence electrons. The quantitative estimate of drug-likeness (QED) is 0.722. The van der Waals surface area contributed by atoms with E-state index < -0.39 is 5.97 Å². The summed E-state index contributed by atoms with van der Waals surface area (Å²) in [6.07, 6.45) is 0. The maximum Gasteiger partial charge on any atom is 0.341 e. The number of esters is 1. The Labute approximate surface area is 180 Å². The minimum Gasteiger partial charge on any atom is -0.465 e. The van der Waals surface area contributed by atoms with Crippen molar-refractivity contribution >= 4 is 45.5 Å². The number of carbonyl (C=O) groups excluding carboxylic acids is 2. The predicted octanol–water partition coefficient (Wildman–Crippen LogP) is 3.87. The van der Waals surface area contributed by atoms with Gasteiger partial charge in [0.05, 0.1) is 19.2 Å². The van der Waals surface area contributed by atoms with Crippen molar-refractivity contribution in [1.82, 2.24) is 4.90 Å². The van der Waals surface area contributed by atoms with Crippen molar-refractivity contribution in [1.29, 1.82) is 0 Å². The molecule has 1 saturated heterocycles. The van der Waals surface area contributed by atoms with Crippen LogP contribution in [0, 0.1) is 20.8 Å². The van der Waals surface area contributed by atoms with Gasteiger partial charge in [-0.05, 0) is 44.0 Å². The number of rotatable bonds is 5. The van der Waals surface area contributed by atoms with Gasteiger partial charge in [0.25, 0.3) is 0 Å². The zero-order valence-corrected chi connectivity index (χ0v) is 18.7. The lowest BCUT2D eigenvalue weighted by Crippen LogP contribution is -2.48. The van der Waals surface area contributed by atoms with Gasteiger partial charge in [0.1, 0.15) is 5.00 Å². The van der Waals surface area contributed by atoms with E-state index in [1.54, 1.807) is 0 Å². The molecule has 1 aliphatic rings. The van der Waals surface area contributed by atoms with Gasteiger partial charge in [0, 0.05) is 41.8 Å². The van der Waals surface area contributed by atoms with Crippen molar-refractivity contribution in [2.24, 2.45) is 0 Å². The summed E-state index contributed by atoms with van der Waals surface area (Å²) in [5, 5.41) is 4.19. The number of benzene rings is 1.